The van der Waals surface area contributed by atoms with Crippen molar-refractivity contribution in [3.05, 3.63) is 51.8 Å². The Bertz CT molecular complexity index is 631. The zero-order valence-electron chi connectivity index (χ0n) is 11.9. The number of aromatic nitrogens is 2. The number of hydrogen-bond acceptors (Lipinski definition) is 2. The summed E-state index contributed by atoms with van der Waals surface area (Å²) >= 11 is 6.29. The van der Waals surface area contributed by atoms with E-state index in [4.69, 9.17) is 17.3 Å². The lowest BCUT2D eigenvalue weighted by Crippen LogP contribution is -2.19. The van der Waals surface area contributed by atoms with Gasteiger partial charge in [-0.3, -0.25) is 4.68 Å². The van der Waals surface area contributed by atoms with Crippen molar-refractivity contribution in [2.45, 2.75) is 45.2 Å². The molecule has 0 saturated carbocycles. The third-order valence-electron chi connectivity index (χ3n) is 4.05. The standard InChI is InChI=1S/C16H20ClN3/c1-10(2)20-16(14(17)9-19-20)15(18)13-7-6-11-4-3-5-12(11)8-13/h6-10,15H,3-5,18H2,1-2H3. The van der Waals surface area contributed by atoms with Crippen LogP contribution in [0.1, 0.15) is 54.7 Å². The maximum atomic E-state index is 6.45. The highest BCUT2D eigenvalue weighted by molar-refractivity contribution is 6.31. The van der Waals surface area contributed by atoms with Gasteiger partial charge in [0.25, 0.3) is 0 Å². The highest BCUT2D eigenvalue weighted by Crippen LogP contribution is 2.31. The van der Waals surface area contributed by atoms with Crippen molar-refractivity contribution >= 4 is 11.6 Å². The first kappa shape index (κ1) is 13.7. The molecule has 20 heavy (non-hydrogen) atoms. The zero-order chi connectivity index (χ0) is 14.3. The normalized spacial score (nSPS) is 15.7. The SMILES string of the molecule is CC(C)n1ncc(Cl)c1C(N)c1ccc2c(c1)CCC2. The molecule has 106 valence electrons. The fourth-order valence-electron chi connectivity index (χ4n) is 3.00. The zero-order valence-corrected chi connectivity index (χ0v) is 12.7. The van der Waals surface area contributed by atoms with E-state index in [0.717, 1.165) is 17.7 Å². The summed E-state index contributed by atoms with van der Waals surface area (Å²) in [4.78, 5) is 0. The molecule has 1 aromatic heterocycles. The highest BCUT2D eigenvalue weighted by Gasteiger charge is 2.21. The minimum absolute atomic E-state index is 0.224. The van der Waals surface area contributed by atoms with Gasteiger partial charge in [0, 0.05) is 6.04 Å². The van der Waals surface area contributed by atoms with Gasteiger partial charge in [0.2, 0.25) is 0 Å². The molecule has 0 spiro atoms. The first-order chi connectivity index (χ1) is 9.58. The molecular weight excluding hydrogens is 270 g/mol. The van der Waals surface area contributed by atoms with E-state index in [1.807, 2.05) is 4.68 Å². The fourth-order valence-corrected chi connectivity index (χ4v) is 3.24. The Hall–Kier alpha value is -1.32. The Morgan fingerprint density at radius 3 is 2.75 bits per heavy atom. The van der Waals surface area contributed by atoms with Crippen LogP contribution in [0.5, 0.6) is 0 Å². The molecule has 0 aliphatic heterocycles. The van der Waals surface area contributed by atoms with E-state index in [1.54, 1.807) is 6.20 Å². The minimum atomic E-state index is -0.224. The summed E-state index contributed by atoms with van der Waals surface area (Å²) in [6.07, 6.45) is 5.28. The van der Waals surface area contributed by atoms with Crippen molar-refractivity contribution in [3.8, 4) is 0 Å². The number of rotatable bonds is 3. The Kier molecular flexibility index (Phi) is 3.57. The molecule has 2 aromatic rings. The van der Waals surface area contributed by atoms with Gasteiger partial charge in [-0.15, -0.1) is 0 Å². The second-order valence-electron chi connectivity index (χ2n) is 5.78. The second kappa shape index (κ2) is 5.23. The predicted octanol–water partition coefficient (Wildman–Crippen LogP) is 3.65. The lowest BCUT2D eigenvalue weighted by molar-refractivity contribution is 0.499. The van der Waals surface area contributed by atoms with Crippen LogP contribution >= 0.6 is 11.6 Å². The smallest absolute Gasteiger partial charge is 0.0837 e. The summed E-state index contributed by atoms with van der Waals surface area (Å²) in [6.45, 7) is 4.17. The van der Waals surface area contributed by atoms with Gasteiger partial charge < -0.3 is 5.73 Å². The van der Waals surface area contributed by atoms with E-state index in [2.05, 4.69) is 37.1 Å². The molecule has 1 aliphatic carbocycles. The van der Waals surface area contributed by atoms with Crippen LogP contribution in [0.2, 0.25) is 5.02 Å². The molecule has 0 bridgehead atoms. The number of aryl methyl sites for hydroxylation is 2. The van der Waals surface area contributed by atoms with Gasteiger partial charge in [0.15, 0.2) is 0 Å². The van der Waals surface area contributed by atoms with Crippen LogP contribution in [0.15, 0.2) is 24.4 Å². The van der Waals surface area contributed by atoms with Crippen LogP contribution < -0.4 is 5.73 Å². The highest BCUT2D eigenvalue weighted by atomic mass is 35.5. The second-order valence-corrected chi connectivity index (χ2v) is 6.18. The van der Waals surface area contributed by atoms with Gasteiger partial charge in [-0.05, 0) is 49.8 Å². The van der Waals surface area contributed by atoms with Crippen molar-refractivity contribution in [1.29, 1.82) is 0 Å². The summed E-state index contributed by atoms with van der Waals surface area (Å²) in [7, 11) is 0. The van der Waals surface area contributed by atoms with Gasteiger partial charge >= 0.3 is 0 Å². The summed E-state index contributed by atoms with van der Waals surface area (Å²) in [5.74, 6) is 0. The van der Waals surface area contributed by atoms with Gasteiger partial charge in [-0.2, -0.15) is 5.10 Å². The topological polar surface area (TPSA) is 43.8 Å². The number of fused-ring (bicyclic) bond motifs is 1. The number of nitrogens with zero attached hydrogens (tertiary/aromatic N) is 2. The molecule has 0 fully saturated rings. The lowest BCUT2D eigenvalue weighted by atomic mass is 9.99. The molecule has 0 amide bonds. The summed E-state index contributed by atoms with van der Waals surface area (Å²) in [5, 5.41) is 4.98. The van der Waals surface area contributed by atoms with Crippen molar-refractivity contribution in [2.24, 2.45) is 5.73 Å². The van der Waals surface area contributed by atoms with Gasteiger partial charge in [0.05, 0.1) is 23.0 Å². The third-order valence-corrected chi connectivity index (χ3v) is 4.34. The van der Waals surface area contributed by atoms with Crippen molar-refractivity contribution < 1.29 is 0 Å². The summed E-state index contributed by atoms with van der Waals surface area (Å²) < 4.78 is 1.92. The maximum Gasteiger partial charge on any atom is 0.0837 e. The molecule has 0 saturated heterocycles. The largest absolute Gasteiger partial charge is 0.319 e. The quantitative estimate of drug-likeness (QED) is 0.937. The number of halogens is 1. The predicted molar refractivity (Wildman–Crippen MR) is 82.1 cm³/mol. The molecule has 0 radical (unpaired) electrons. The molecule has 2 N–H and O–H groups in total. The average molecular weight is 290 g/mol. The van der Waals surface area contributed by atoms with E-state index in [0.29, 0.717) is 5.02 Å². The van der Waals surface area contributed by atoms with E-state index < -0.39 is 0 Å². The van der Waals surface area contributed by atoms with Gasteiger partial charge in [-0.25, -0.2) is 0 Å². The van der Waals surface area contributed by atoms with Crippen LogP contribution in [0.25, 0.3) is 0 Å². The van der Waals surface area contributed by atoms with Crippen LogP contribution in [-0.4, -0.2) is 9.78 Å². The molecule has 1 aromatic carbocycles. The fraction of sp³-hybridized carbons (Fsp3) is 0.438. The molecule has 1 unspecified atom stereocenters. The maximum absolute atomic E-state index is 6.45. The Balaban J connectivity index is 2.00. The van der Waals surface area contributed by atoms with E-state index in [-0.39, 0.29) is 12.1 Å². The van der Waals surface area contributed by atoms with Crippen LogP contribution in [-0.2, 0) is 12.8 Å². The first-order valence-electron chi connectivity index (χ1n) is 7.18. The first-order valence-corrected chi connectivity index (χ1v) is 7.56. The average Bonchev–Trinajstić information content (AvgIpc) is 3.03. The number of nitrogens with two attached hydrogens (primary N) is 1. The van der Waals surface area contributed by atoms with Crippen LogP contribution in [0.3, 0.4) is 0 Å². The number of benzene rings is 1. The molecule has 1 aliphatic rings. The number of hydrogen-bond donors (Lipinski definition) is 1. The molecule has 1 atom stereocenters. The van der Waals surface area contributed by atoms with Gasteiger partial charge in [-0.1, -0.05) is 29.8 Å². The molecule has 3 nitrogen and oxygen atoms in total. The summed E-state index contributed by atoms with van der Waals surface area (Å²) in [6, 6.07) is 6.60. The van der Waals surface area contributed by atoms with Gasteiger partial charge in [0.1, 0.15) is 0 Å². The van der Waals surface area contributed by atoms with Crippen molar-refractivity contribution in [1.82, 2.24) is 9.78 Å². The Morgan fingerprint density at radius 2 is 2.00 bits per heavy atom. The monoisotopic (exact) mass is 289 g/mol. The van der Waals surface area contributed by atoms with Crippen molar-refractivity contribution in [2.75, 3.05) is 0 Å². The third kappa shape index (κ3) is 2.25. The Labute approximate surface area is 124 Å². The van der Waals surface area contributed by atoms with Crippen molar-refractivity contribution in [3.63, 3.8) is 0 Å². The van der Waals surface area contributed by atoms with E-state index >= 15 is 0 Å². The minimum Gasteiger partial charge on any atom is -0.319 e. The van der Waals surface area contributed by atoms with Crippen LogP contribution in [0, 0.1) is 0 Å². The molecular formula is C16H20ClN3. The molecule has 3 rings (SSSR count). The van der Waals surface area contributed by atoms with Crippen LogP contribution in [0.4, 0.5) is 0 Å². The molecule has 4 heteroatoms. The van der Waals surface area contributed by atoms with E-state index in [9.17, 15) is 0 Å². The molecule has 1 heterocycles. The van der Waals surface area contributed by atoms with E-state index in [1.165, 1.54) is 24.0 Å². The summed E-state index contributed by atoms with van der Waals surface area (Å²) in [5.41, 5.74) is 11.4. The Morgan fingerprint density at radius 1 is 1.25 bits per heavy atom. The lowest BCUT2D eigenvalue weighted by Gasteiger charge is -2.18.